The van der Waals surface area contributed by atoms with E-state index in [-0.39, 0.29) is 36.5 Å². The Morgan fingerprint density at radius 3 is 2.12 bits per heavy atom. The van der Waals surface area contributed by atoms with Gasteiger partial charge in [-0.05, 0) is 34.1 Å². The number of hydrogen-bond donors (Lipinski definition) is 3. The maximum atomic E-state index is 11.5. The van der Waals surface area contributed by atoms with Gasteiger partial charge in [0.15, 0.2) is 0 Å². The molecule has 0 aliphatic heterocycles. The Kier molecular flexibility index (Phi) is 6.80. The fourth-order valence-corrected chi connectivity index (χ4v) is 1.17. The zero-order valence-electron chi connectivity index (χ0n) is 11.5. The van der Waals surface area contributed by atoms with Crippen LogP contribution in [0.25, 0.3) is 0 Å². The second-order valence-electron chi connectivity index (χ2n) is 5.11. The maximum absolute atomic E-state index is 11.5. The van der Waals surface area contributed by atoms with Crippen molar-refractivity contribution in [1.82, 2.24) is 16.0 Å². The quantitative estimate of drug-likeness (QED) is 0.606. The van der Waals surface area contributed by atoms with Gasteiger partial charge in [-0.1, -0.05) is 6.92 Å². The van der Waals surface area contributed by atoms with E-state index in [1.807, 2.05) is 34.6 Å². The van der Waals surface area contributed by atoms with Crippen molar-refractivity contribution < 1.29 is 9.59 Å². The smallest absolute Gasteiger partial charge is 0.234 e. The second kappa shape index (κ2) is 7.27. The Morgan fingerprint density at radius 2 is 1.65 bits per heavy atom. The Labute approximate surface area is 104 Å². The summed E-state index contributed by atoms with van der Waals surface area (Å²) in [6, 6.07) is 0.122. The molecule has 0 aromatic rings. The van der Waals surface area contributed by atoms with Crippen molar-refractivity contribution in [2.75, 3.05) is 13.1 Å². The van der Waals surface area contributed by atoms with E-state index in [1.165, 1.54) is 0 Å². The van der Waals surface area contributed by atoms with E-state index in [1.54, 1.807) is 0 Å². The third kappa shape index (κ3) is 8.68. The minimum atomic E-state index is -0.195. The molecule has 0 radical (unpaired) electrons. The van der Waals surface area contributed by atoms with Gasteiger partial charge in [0.25, 0.3) is 0 Å². The lowest BCUT2D eigenvalue weighted by molar-refractivity contribution is -0.122. The normalized spacial score (nSPS) is 11.4. The van der Waals surface area contributed by atoms with Crippen LogP contribution in [0.15, 0.2) is 0 Å². The molecule has 0 rings (SSSR count). The van der Waals surface area contributed by atoms with Gasteiger partial charge in [-0.25, -0.2) is 0 Å². The molecule has 0 bridgehead atoms. The highest BCUT2D eigenvalue weighted by atomic mass is 16.2. The van der Waals surface area contributed by atoms with Gasteiger partial charge >= 0.3 is 0 Å². The van der Waals surface area contributed by atoms with Gasteiger partial charge in [0.05, 0.1) is 13.1 Å². The van der Waals surface area contributed by atoms with Crippen LogP contribution in [0.1, 0.15) is 41.0 Å². The van der Waals surface area contributed by atoms with Crippen molar-refractivity contribution in [3.8, 4) is 0 Å². The van der Waals surface area contributed by atoms with Gasteiger partial charge in [-0.15, -0.1) is 0 Å². The van der Waals surface area contributed by atoms with Crippen LogP contribution in [-0.2, 0) is 9.59 Å². The van der Waals surface area contributed by atoms with E-state index in [2.05, 4.69) is 16.0 Å². The second-order valence-corrected chi connectivity index (χ2v) is 5.11. The minimum Gasteiger partial charge on any atom is -0.353 e. The summed E-state index contributed by atoms with van der Waals surface area (Å²) in [7, 11) is 0. The van der Waals surface area contributed by atoms with Crippen LogP contribution in [0, 0.1) is 0 Å². The predicted molar refractivity (Wildman–Crippen MR) is 68.7 cm³/mol. The van der Waals surface area contributed by atoms with Crippen LogP contribution in [0.2, 0.25) is 0 Å². The standard InChI is InChI=1S/C12H25N3O2/c1-6-12(4,5)15-11(17)8-13-7-10(16)14-9(2)3/h9,13H,6-8H2,1-5H3,(H,14,16)(H,15,17). The molecule has 0 aliphatic rings. The molecule has 2 amide bonds. The Balaban J connectivity index is 3.75. The summed E-state index contributed by atoms with van der Waals surface area (Å²) >= 11 is 0. The fourth-order valence-electron chi connectivity index (χ4n) is 1.17. The first kappa shape index (κ1) is 15.9. The zero-order chi connectivity index (χ0) is 13.5. The molecule has 0 fully saturated rings. The monoisotopic (exact) mass is 243 g/mol. The van der Waals surface area contributed by atoms with Crippen molar-refractivity contribution >= 4 is 11.8 Å². The van der Waals surface area contributed by atoms with Gasteiger partial charge < -0.3 is 10.6 Å². The molecule has 100 valence electrons. The number of hydrogen-bond acceptors (Lipinski definition) is 3. The average Bonchev–Trinajstić information content (AvgIpc) is 2.15. The van der Waals surface area contributed by atoms with Crippen LogP contribution >= 0.6 is 0 Å². The summed E-state index contributed by atoms with van der Waals surface area (Å²) < 4.78 is 0. The number of nitrogens with one attached hydrogen (secondary N) is 3. The van der Waals surface area contributed by atoms with Crippen molar-refractivity contribution in [1.29, 1.82) is 0 Å². The molecule has 3 N–H and O–H groups in total. The lowest BCUT2D eigenvalue weighted by Crippen LogP contribution is -2.48. The van der Waals surface area contributed by atoms with E-state index >= 15 is 0 Å². The van der Waals surface area contributed by atoms with Crippen LogP contribution in [0.3, 0.4) is 0 Å². The Morgan fingerprint density at radius 1 is 1.12 bits per heavy atom. The Bertz CT molecular complexity index is 262. The molecule has 0 atom stereocenters. The van der Waals surface area contributed by atoms with Gasteiger partial charge in [-0.2, -0.15) is 0 Å². The number of carbonyl (C=O) groups excluding carboxylic acids is 2. The molecule has 0 saturated heterocycles. The minimum absolute atomic E-state index is 0.0887. The van der Waals surface area contributed by atoms with Crippen LogP contribution in [-0.4, -0.2) is 36.5 Å². The molecule has 0 aromatic heterocycles. The van der Waals surface area contributed by atoms with Gasteiger partial charge in [0.2, 0.25) is 11.8 Å². The summed E-state index contributed by atoms with van der Waals surface area (Å²) in [5, 5.41) is 8.44. The van der Waals surface area contributed by atoms with Crippen LogP contribution in [0.4, 0.5) is 0 Å². The largest absolute Gasteiger partial charge is 0.353 e. The van der Waals surface area contributed by atoms with Crippen LogP contribution < -0.4 is 16.0 Å². The zero-order valence-corrected chi connectivity index (χ0v) is 11.5. The first-order chi connectivity index (χ1) is 7.76. The average molecular weight is 243 g/mol. The van der Waals surface area contributed by atoms with Crippen molar-refractivity contribution in [3.05, 3.63) is 0 Å². The lowest BCUT2D eigenvalue weighted by atomic mass is 10.0. The summed E-state index contributed by atoms with van der Waals surface area (Å²) in [6.07, 6.45) is 0.868. The molecule has 0 heterocycles. The summed E-state index contributed by atoms with van der Waals surface area (Å²) in [6.45, 7) is 10.1. The summed E-state index contributed by atoms with van der Waals surface area (Å²) in [5.74, 6) is -0.184. The van der Waals surface area contributed by atoms with E-state index < -0.39 is 0 Å². The van der Waals surface area contributed by atoms with Crippen molar-refractivity contribution in [2.45, 2.75) is 52.6 Å². The molecule has 5 heteroatoms. The van der Waals surface area contributed by atoms with Crippen molar-refractivity contribution in [2.24, 2.45) is 0 Å². The topological polar surface area (TPSA) is 70.2 Å². The van der Waals surface area contributed by atoms with Crippen LogP contribution in [0.5, 0.6) is 0 Å². The lowest BCUT2D eigenvalue weighted by Gasteiger charge is -2.24. The molecule has 5 nitrogen and oxygen atoms in total. The fraction of sp³-hybridized carbons (Fsp3) is 0.833. The molecular formula is C12H25N3O2. The molecule has 0 unspecified atom stereocenters. The van der Waals surface area contributed by atoms with E-state index in [0.29, 0.717) is 0 Å². The third-order valence-electron chi connectivity index (χ3n) is 2.38. The highest BCUT2D eigenvalue weighted by molar-refractivity contribution is 5.81. The molecule has 0 aliphatic carbocycles. The maximum Gasteiger partial charge on any atom is 0.234 e. The molecule has 17 heavy (non-hydrogen) atoms. The molecule has 0 saturated carbocycles. The number of carbonyl (C=O) groups is 2. The molecule has 0 aromatic carbocycles. The van der Waals surface area contributed by atoms with Gasteiger partial charge in [-0.3, -0.25) is 14.9 Å². The molecule has 0 spiro atoms. The van der Waals surface area contributed by atoms with Crippen molar-refractivity contribution in [3.63, 3.8) is 0 Å². The van der Waals surface area contributed by atoms with E-state index in [4.69, 9.17) is 0 Å². The number of amides is 2. The Hall–Kier alpha value is -1.10. The summed E-state index contributed by atoms with van der Waals surface area (Å²) in [4.78, 5) is 22.8. The SMILES string of the molecule is CCC(C)(C)NC(=O)CNCC(=O)NC(C)C. The highest BCUT2D eigenvalue weighted by Gasteiger charge is 2.17. The first-order valence-electron chi connectivity index (χ1n) is 6.08. The predicted octanol–water partition coefficient (Wildman–Crippen LogP) is 0.405. The van der Waals surface area contributed by atoms with E-state index in [9.17, 15) is 9.59 Å². The molecular weight excluding hydrogens is 218 g/mol. The van der Waals surface area contributed by atoms with E-state index in [0.717, 1.165) is 6.42 Å². The van der Waals surface area contributed by atoms with Gasteiger partial charge in [0.1, 0.15) is 0 Å². The number of rotatable bonds is 7. The summed E-state index contributed by atoms with van der Waals surface area (Å²) in [5.41, 5.74) is -0.195. The third-order valence-corrected chi connectivity index (χ3v) is 2.38. The van der Waals surface area contributed by atoms with Gasteiger partial charge in [0, 0.05) is 11.6 Å². The highest BCUT2D eigenvalue weighted by Crippen LogP contribution is 2.05. The first-order valence-corrected chi connectivity index (χ1v) is 6.08.